The average Bonchev–Trinajstić information content (AvgIpc) is 2.59. The largest absolute Gasteiger partial charge is 0.276 e. The molecule has 1 aliphatic heterocycles. The topological polar surface area (TPSA) is 40.6 Å². The van der Waals surface area contributed by atoms with Crippen LogP contribution in [0.2, 0.25) is 0 Å². The van der Waals surface area contributed by atoms with Crippen LogP contribution >= 0.6 is 0 Å². The van der Waals surface area contributed by atoms with E-state index in [4.69, 9.17) is 0 Å². The Kier molecular flexibility index (Phi) is 3.50. The third-order valence-electron chi connectivity index (χ3n) is 7.29. The monoisotopic (exact) mass is 374 g/mol. The fraction of sp³-hybridized carbons (Fsp3) is 0.619. The van der Waals surface area contributed by atoms with Crippen molar-refractivity contribution in [2.24, 2.45) is 23.7 Å². The van der Waals surface area contributed by atoms with Crippen LogP contribution in [0.5, 0.6) is 0 Å². The van der Waals surface area contributed by atoms with Gasteiger partial charge in [0, 0.05) is 6.07 Å². The number of halogens is 2. The van der Waals surface area contributed by atoms with Crippen LogP contribution in [0.4, 0.5) is 8.78 Å². The van der Waals surface area contributed by atoms with Gasteiger partial charge in [0.05, 0.1) is 11.6 Å². The van der Waals surface area contributed by atoms with Crippen molar-refractivity contribution < 1.29 is 18.4 Å². The van der Waals surface area contributed by atoms with Crippen LogP contribution in [0.15, 0.2) is 18.2 Å². The molecule has 1 aromatic rings. The van der Waals surface area contributed by atoms with Crippen LogP contribution in [0, 0.1) is 35.3 Å². The smallest absolute Gasteiger partial charge is 0.270 e. The molecule has 1 aromatic carbocycles. The van der Waals surface area contributed by atoms with Gasteiger partial charge in [0.1, 0.15) is 17.2 Å². The first-order valence-corrected chi connectivity index (χ1v) is 9.90. The molecule has 0 spiro atoms. The predicted octanol–water partition coefficient (Wildman–Crippen LogP) is 3.77. The minimum absolute atomic E-state index is 0.0331. The van der Waals surface area contributed by atoms with Crippen LogP contribution in [-0.4, -0.2) is 33.4 Å². The predicted molar refractivity (Wildman–Crippen MR) is 94.3 cm³/mol. The van der Waals surface area contributed by atoms with Crippen molar-refractivity contribution in [3.63, 3.8) is 0 Å². The second-order valence-corrected chi connectivity index (χ2v) is 9.37. The molecule has 4 bridgehead atoms. The zero-order valence-corrected chi connectivity index (χ0v) is 15.6. The number of nitrogens with zero attached hydrogens (tertiary/aromatic N) is 2. The summed E-state index contributed by atoms with van der Waals surface area (Å²) >= 11 is 0. The number of carbonyl (C=O) groups excluding carboxylic acids is 2. The number of hydrazine groups is 1. The SMILES string of the molecule is CC1(C)C(=O)N(C2C3CC4CC(C3)CC2C4)N1C(=O)c1ccc(F)cc1F. The first kappa shape index (κ1) is 17.1. The molecule has 0 aromatic heterocycles. The Balaban J connectivity index is 1.49. The molecule has 27 heavy (non-hydrogen) atoms. The standard InChI is InChI=1S/C21H24F2N2O2/c1-21(2)20(27)24(18-13-6-11-5-12(8-13)9-14(18)7-11)25(21)19(26)16-4-3-15(22)10-17(16)23/h3-4,10-14,18H,5-9H2,1-2H3. The van der Waals surface area contributed by atoms with Gasteiger partial charge in [0.25, 0.3) is 11.8 Å². The van der Waals surface area contributed by atoms with E-state index in [2.05, 4.69) is 0 Å². The molecule has 6 rings (SSSR count). The Morgan fingerprint density at radius 1 is 1.04 bits per heavy atom. The summed E-state index contributed by atoms with van der Waals surface area (Å²) in [5.41, 5.74) is -1.20. The Labute approximate surface area is 157 Å². The summed E-state index contributed by atoms with van der Waals surface area (Å²) in [5, 5.41) is 3.05. The number of hydrogen-bond acceptors (Lipinski definition) is 2. The van der Waals surface area contributed by atoms with Gasteiger partial charge in [0.2, 0.25) is 0 Å². The van der Waals surface area contributed by atoms with E-state index in [-0.39, 0.29) is 17.5 Å². The van der Waals surface area contributed by atoms with E-state index < -0.39 is 23.1 Å². The van der Waals surface area contributed by atoms with Gasteiger partial charge in [-0.2, -0.15) is 0 Å². The summed E-state index contributed by atoms with van der Waals surface area (Å²) in [6, 6.07) is 3.00. The van der Waals surface area contributed by atoms with E-state index in [9.17, 15) is 18.4 Å². The zero-order chi connectivity index (χ0) is 19.1. The minimum Gasteiger partial charge on any atom is -0.270 e. The molecule has 144 valence electrons. The Morgan fingerprint density at radius 2 is 1.63 bits per heavy atom. The molecule has 4 nitrogen and oxygen atoms in total. The summed E-state index contributed by atoms with van der Waals surface area (Å²) in [4.78, 5) is 26.1. The molecular formula is C21H24F2N2O2. The van der Waals surface area contributed by atoms with Crippen molar-refractivity contribution in [1.82, 2.24) is 10.0 Å². The van der Waals surface area contributed by atoms with Crippen LogP contribution in [0.25, 0.3) is 0 Å². The molecule has 2 amide bonds. The number of benzene rings is 1. The van der Waals surface area contributed by atoms with Crippen molar-refractivity contribution in [2.45, 2.75) is 57.5 Å². The van der Waals surface area contributed by atoms with Crippen molar-refractivity contribution in [3.05, 3.63) is 35.4 Å². The summed E-state index contributed by atoms with van der Waals surface area (Å²) in [7, 11) is 0. The van der Waals surface area contributed by atoms with Gasteiger partial charge in [-0.15, -0.1) is 0 Å². The number of carbonyl (C=O) groups is 2. The van der Waals surface area contributed by atoms with Gasteiger partial charge in [-0.05, 0) is 81.8 Å². The molecule has 0 unspecified atom stereocenters. The molecule has 1 saturated heterocycles. The lowest BCUT2D eigenvalue weighted by Gasteiger charge is -2.65. The molecule has 0 N–H and O–H groups in total. The fourth-order valence-corrected chi connectivity index (χ4v) is 6.38. The van der Waals surface area contributed by atoms with Crippen molar-refractivity contribution >= 4 is 11.8 Å². The van der Waals surface area contributed by atoms with E-state index in [1.807, 2.05) is 0 Å². The highest BCUT2D eigenvalue weighted by molar-refractivity contribution is 6.04. The van der Waals surface area contributed by atoms with Gasteiger partial charge in [-0.25, -0.2) is 18.8 Å². The maximum Gasteiger partial charge on any atom is 0.276 e. The van der Waals surface area contributed by atoms with Gasteiger partial charge in [-0.3, -0.25) is 9.59 Å². The highest BCUT2D eigenvalue weighted by Crippen LogP contribution is 2.57. The highest BCUT2D eigenvalue weighted by Gasteiger charge is 2.62. The molecule has 1 heterocycles. The number of rotatable bonds is 2. The summed E-state index contributed by atoms with van der Waals surface area (Å²) < 4.78 is 27.5. The van der Waals surface area contributed by atoms with Gasteiger partial charge < -0.3 is 0 Å². The van der Waals surface area contributed by atoms with Crippen molar-refractivity contribution in [1.29, 1.82) is 0 Å². The Bertz CT molecular complexity index is 809. The molecule has 5 fully saturated rings. The molecular weight excluding hydrogens is 350 g/mol. The zero-order valence-electron chi connectivity index (χ0n) is 15.6. The summed E-state index contributed by atoms with van der Waals surface area (Å²) in [5.74, 6) is 0.116. The maximum absolute atomic E-state index is 14.2. The van der Waals surface area contributed by atoms with Crippen LogP contribution < -0.4 is 0 Å². The van der Waals surface area contributed by atoms with Crippen LogP contribution in [0.1, 0.15) is 56.3 Å². The number of hydrogen-bond donors (Lipinski definition) is 0. The average molecular weight is 374 g/mol. The lowest BCUT2D eigenvalue weighted by Crippen LogP contribution is -2.80. The van der Waals surface area contributed by atoms with Crippen LogP contribution in [-0.2, 0) is 4.79 Å². The normalized spacial score (nSPS) is 36.1. The molecule has 0 atom stereocenters. The van der Waals surface area contributed by atoms with E-state index in [1.165, 1.54) is 17.5 Å². The Morgan fingerprint density at radius 3 is 2.19 bits per heavy atom. The first-order valence-electron chi connectivity index (χ1n) is 9.90. The lowest BCUT2D eigenvalue weighted by atomic mass is 9.53. The molecule has 5 aliphatic rings. The lowest BCUT2D eigenvalue weighted by molar-refractivity contribution is -0.230. The molecule has 4 saturated carbocycles. The molecule has 6 heteroatoms. The second-order valence-electron chi connectivity index (χ2n) is 9.37. The summed E-state index contributed by atoms with van der Waals surface area (Å²) in [6.07, 6.45) is 5.79. The first-order chi connectivity index (χ1) is 12.8. The molecule has 4 aliphatic carbocycles. The van der Waals surface area contributed by atoms with E-state index >= 15 is 0 Å². The molecule has 0 radical (unpaired) electrons. The van der Waals surface area contributed by atoms with Crippen molar-refractivity contribution in [3.8, 4) is 0 Å². The van der Waals surface area contributed by atoms with Gasteiger partial charge >= 0.3 is 0 Å². The van der Waals surface area contributed by atoms with Crippen LogP contribution in [0.3, 0.4) is 0 Å². The minimum atomic E-state index is -1.01. The maximum atomic E-state index is 14.2. The van der Waals surface area contributed by atoms with E-state index in [1.54, 1.807) is 18.9 Å². The highest BCUT2D eigenvalue weighted by atomic mass is 19.1. The second kappa shape index (κ2) is 5.52. The van der Waals surface area contributed by atoms with Gasteiger partial charge in [-0.1, -0.05) is 0 Å². The van der Waals surface area contributed by atoms with E-state index in [0.29, 0.717) is 11.8 Å². The third kappa shape index (κ3) is 2.31. The Hall–Kier alpha value is -1.98. The quantitative estimate of drug-likeness (QED) is 0.791. The number of amides is 2. The van der Waals surface area contributed by atoms with Gasteiger partial charge in [0.15, 0.2) is 0 Å². The summed E-state index contributed by atoms with van der Waals surface area (Å²) in [6.45, 7) is 3.39. The van der Waals surface area contributed by atoms with Crippen molar-refractivity contribution in [2.75, 3.05) is 0 Å². The van der Waals surface area contributed by atoms with E-state index in [0.717, 1.165) is 49.7 Å². The third-order valence-corrected chi connectivity index (χ3v) is 7.29. The fourth-order valence-electron chi connectivity index (χ4n) is 6.38.